The third-order valence-corrected chi connectivity index (χ3v) is 5.18. The van der Waals surface area contributed by atoms with Crippen LogP contribution >= 0.6 is 0 Å². The summed E-state index contributed by atoms with van der Waals surface area (Å²) in [4.78, 5) is 25.8. The van der Waals surface area contributed by atoms with Gasteiger partial charge in [0.25, 0.3) is 11.8 Å². The van der Waals surface area contributed by atoms with Crippen LogP contribution in [-0.4, -0.2) is 38.0 Å². The van der Waals surface area contributed by atoms with Crippen molar-refractivity contribution in [1.82, 2.24) is 10.7 Å². The van der Waals surface area contributed by atoms with E-state index >= 15 is 0 Å². The molecule has 3 aromatic rings. The van der Waals surface area contributed by atoms with Crippen molar-refractivity contribution in [2.24, 2.45) is 5.10 Å². The molecular weight excluding hydrogens is 474 g/mol. The van der Waals surface area contributed by atoms with Gasteiger partial charge in [-0.15, -0.1) is 0 Å². The zero-order chi connectivity index (χ0) is 26.0. The minimum absolute atomic E-state index is 0.00608. The summed E-state index contributed by atoms with van der Waals surface area (Å²) in [7, 11) is 0. The fourth-order valence-corrected chi connectivity index (χ4v) is 3.49. The number of hydrogen-bond donors (Lipinski definition) is 2. The van der Waals surface area contributed by atoms with E-state index in [-0.39, 0.29) is 12.5 Å². The van der Waals surface area contributed by atoms with Gasteiger partial charge >= 0.3 is 0 Å². The van der Waals surface area contributed by atoms with Gasteiger partial charge in [0, 0.05) is 5.56 Å². The first kappa shape index (κ1) is 25.3. The summed E-state index contributed by atoms with van der Waals surface area (Å²) < 4.78 is 22.0. The largest absolute Gasteiger partial charge is 0.490 e. The molecule has 2 N–H and O–H groups in total. The molecular formula is C28H27N3O6. The van der Waals surface area contributed by atoms with Crippen LogP contribution in [0.5, 0.6) is 23.0 Å². The van der Waals surface area contributed by atoms with Crippen LogP contribution in [0.25, 0.3) is 6.08 Å². The maximum absolute atomic E-state index is 13.0. The molecule has 0 atom stereocenters. The van der Waals surface area contributed by atoms with E-state index in [1.165, 1.54) is 12.3 Å². The van der Waals surface area contributed by atoms with E-state index in [4.69, 9.17) is 18.9 Å². The Kier molecular flexibility index (Phi) is 8.38. The molecule has 190 valence electrons. The molecule has 0 unspecified atom stereocenters. The molecule has 0 aliphatic carbocycles. The predicted octanol–water partition coefficient (Wildman–Crippen LogP) is 4.13. The van der Waals surface area contributed by atoms with E-state index in [1.54, 1.807) is 66.7 Å². The van der Waals surface area contributed by atoms with Crippen molar-refractivity contribution in [2.45, 2.75) is 13.8 Å². The second-order valence-corrected chi connectivity index (χ2v) is 7.76. The highest BCUT2D eigenvalue weighted by atomic mass is 16.7. The van der Waals surface area contributed by atoms with E-state index in [2.05, 4.69) is 15.8 Å². The molecule has 9 heteroatoms. The Morgan fingerprint density at radius 1 is 0.892 bits per heavy atom. The molecule has 0 aromatic heterocycles. The third-order valence-electron chi connectivity index (χ3n) is 5.18. The standard InChI is InChI=1S/C28H27N3O6/c1-3-34-23-13-11-20(16-25(23)35-4-2)17-29-31-28(33)22(30-27(32)21-8-6-5-7-9-21)14-19-10-12-24-26(15-19)37-18-36-24/h5-17H,3-4,18H2,1-2H3,(H,30,32)(H,31,33)/b22-14+,29-17-. The van der Waals surface area contributed by atoms with Crippen LogP contribution in [0.3, 0.4) is 0 Å². The van der Waals surface area contributed by atoms with Crippen molar-refractivity contribution >= 4 is 24.1 Å². The number of nitrogens with zero attached hydrogens (tertiary/aromatic N) is 1. The molecule has 0 spiro atoms. The van der Waals surface area contributed by atoms with Crippen LogP contribution in [0.4, 0.5) is 0 Å². The highest BCUT2D eigenvalue weighted by Gasteiger charge is 2.17. The summed E-state index contributed by atoms with van der Waals surface area (Å²) in [5.41, 5.74) is 4.22. The number of amides is 2. The summed E-state index contributed by atoms with van der Waals surface area (Å²) in [6.45, 7) is 4.90. The number of benzene rings is 3. The summed E-state index contributed by atoms with van der Waals surface area (Å²) in [5, 5.41) is 6.73. The molecule has 0 bridgehead atoms. The van der Waals surface area contributed by atoms with Gasteiger partial charge in [0.05, 0.1) is 19.4 Å². The van der Waals surface area contributed by atoms with Gasteiger partial charge in [-0.25, -0.2) is 5.43 Å². The van der Waals surface area contributed by atoms with Gasteiger partial charge in [-0.2, -0.15) is 5.10 Å². The zero-order valence-corrected chi connectivity index (χ0v) is 20.5. The average Bonchev–Trinajstić information content (AvgIpc) is 3.38. The number of ether oxygens (including phenoxy) is 4. The van der Waals surface area contributed by atoms with E-state index in [1.807, 2.05) is 13.8 Å². The molecule has 1 aliphatic heterocycles. The van der Waals surface area contributed by atoms with Crippen LogP contribution < -0.4 is 29.7 Å². The lowest BCUT2D eigenvalue weighted by molar-refractivity contribution is -0.117. The smallest absolute Gasteiger partial charge is 0.287 e. The van der Waals surface area contributed by atoms with Crippen molar-refractivity contribution in [3.8, 4) is 23.0 Å². The number of rotatable bonds is 10. The average molecular weight is 502 g/mol. The van der Waals surface area contributed by atoms with Crippen molar-refractivity contribution in [1.29, 1.82) is 0 Å². The zero-order valence-electron chi connectivity index (χ0n) is 20.5. The van der Waals surface area contributed by atoms with Gasteiger partial charge in [0.2, 0.25) is 6.79 Å². The van der Waals surface area contributed by atoms with Crippen LogP contribution in [-0.2, 0) is 4.79 Å². The van der Waals surface area contributed by atoms with E-state index in [0.29, 0.717) is 52.9 Å². The Morgan fingerprint density at radius 3 is 2.41 bits per heavy atom. The summed E-state index contributed by atoms with van der Waals surface area (Å²) in [5.74, 6) is 1.35. The maximum Gasteiger partial charge on any atom is 0.287 e. The number of carbonyl (C=O) groups is 2. The SMILES string of the molecule is CCOc1ccc(/C=N\NC(=O)/C(=C\c2ccc3c(c2)OCO3)NC(=O)c2ccccc2)cc1OCC. The van der Waals surface area contributed by atoms with Gasteiger partial charge in [-0.1, -0.05) is 24.3 Å². The molecule has 1 aliphatic rings. The first-order valence-corrected chi connectivity index (χ1v) is 11.8. The third kappa shape index (κ3) is 6.66. The number of nitrogens with one attached hydrogen (secondary N) is 2. The van der Waals surface area contributed by atoms with Crippen molar-refractivity contribution in [3.63, 3.8) is 0 Å². The molecule has 2 amide bonds. The summed E-state index contributed by atoms with van der Waals surface area (Å²) >= 11 is 0. The maximum atomic E-state index is 13.0. The highest BCUT2D eigenvalue weighted by Crippen LogP contribution is 2.33. The Balaban J connectivity index is 1.53. The second kappa shape index (κ2) is 12.3. The van der Waals surface area contributed by atoms with E-state index in [0.717, 1.165) is 0 Å². The summed E-state index contributed by atoms with van der Waals surface area (Å²) in [6, 6.07) is 19.2. The molecule has 0 radical (unpaired) electrons. The summed E-state index contributed by atoms with van der Waals surface area (Å²) in [6.07, 6.45) is 3.02. The lowest BCUT2D eigenvalue weighted by Gasteiger charge is -2.11. The lowest BCUT2D eigenvalue weighted by atomic mass is 10.1. The van der Waals surface area contributed by atoms with Gasteiger partial charge in [-0.3, -0.25) is 9.59 Å². The number of hydrazone groups is 1. The minimum Gasteiger partial charge on any atom is -0.490 e. The monoisotopic (exact) mass is 501 g/mol. The Morgan fingerprint density at radius 2 is 1.62 bits per heavy atom. The lowest BCUT2D eigenvalue weighted by Crippen LogP contribution is -2.32. The van der Waals surface area contributed by atoms with Crippen LogP contribution in [0.2, 0.25) is 0 Å². The van der Waals surface area contributed by atoms with Gasteiger partial charge in [0.1, 0.15) is 5.70 Å². The number of hydrogen-bond acceptors (Lipinski definition) is 7. The fraction of sp³-hybridized carbons (Fsp3) is 0.179. The molecule has 37 heavy (non-hydrogen) atoms. The van der Waals surface area contributed by atoms with Crippen LogP contribution in [0, 0.1) is 0 Å². The number of carbonyl (C=O) groups excluding carboxylic acids is 2. The Labute approximate surface area is 214 Å². The van der Waals surface area contributed by atoms with Crippen molar-refractivity contribution < 1.29 is 28.5 Å². The highest BCUT2D eigenvalue weighted by molar-refractivity contribution is 6.05. The first-order chi connectivity index (χ1) is 18.1. The molecule has 3 aromatic carbocycles. The molecule has 4 rings (SSSR count). The topological polar surface area (TPSA) is 107 Å². The molecule has 0 fully saturated rings. The normalized spacial score (nSPS) is 12.3. The fourth-order valence-electron chi connectivity index (χ4n) is 3.49. The molecule has 1 heterocycles. The quantitative estimate of drug-likeness (QED) is 0.246. The second-order valence-electron chi connectivity index (χ2n) is 7.76. The van der Waals surface area contributed by atoms with Crippen LogP contribution in [0.1, 0.15) is 35.3 Å². The van der Waals surface area contributed by atoms with E-state index < -0.39 is 11.8 Å². The molecule has 9 nitrogen and oxygen atoms in total. The minimum atomic E-state index is -0.603. The molecule has 0 saturated heterocycles. The van der Waals surface area contributed by atoms with Crippen molar-refractivity contribution in [2.75, 3.05) is 20.0 Å². The van der Waals surface area contributed by atoms with Crippen molar-refractivity contribution in [3.05, 3.63) is 89.1 Å². The Hall–Kier alpha value is -4.79. The number of fused-ring (bicyclic) bond motifs is 1. The predicted molar refractivity (Wildman–Crippen MR) is 139 cm³/mol. The van der Waals surface area contributed by atoms with Gasteiger partial charge in [-0.05, 0) is 73.5 Å². The van der Waals surface area contributed by atoms with Gasteiger partial charge in [0.15, 0.2) is 23.0 Å². The molecule has 0 saturated carbocycles. The van der Waals surface area contributed by atoms with E-state index in [9.17, 15) is 9.59 Å². The van der Waals surface area contributed by atoms with Crippen LogP contribution in [0.15, 0.2) is 77.5 Å². The first-order valence-electron chi connectivity index (χ1n) is 11.8. The van der Waals surface area contributed by atoms with Gasteiger partial charge < -0.3 is 24.3 Å². The Bertz CT molecular complexity index is 1320.